The molecular formula is C7H4ClF2NO3. The number of aromatic carboxylic acids is 1. The lowest BCUT2D eigenvalue weighted by Gasteiger charge is -2.02. The van der Waals surface area contributed by atoms with Crippen LogP contribution in [0.5, 0.6) is 0 Å². The van der Waals surface area contributed by atoms with E-state index in [9.17, 15) is 18.4 Å². The van der Waals surface area contributed by atoms with Crippen molar-refractivity contribution in [2.45, 2.75) is 6.43 Å². The van der Waals surface area contributed by atoms with Crippen molar-refractivity contribution in [3.8, 4) is 0 Å². The van der Waals surface area contributed by atoms with Gasteiger partial charge in [-0.2, -0.15) is 0 Å². The van der Waals surface area contributed by atoms with E-state index < -0.39 is 34.1 Å². The van der Waals surface area contributed by atoms with Crippen LogP contribution in [0.1, 0.15) is 22.3 Å². The summed E-state index contributed by atoms with van der Waals surface area (Å²) in [7, 11) is 0. The van der Waals surface area contributed by atoms with Crippen LogP contribution in [0.2, 0.25) is 5.15 Å². The highest BCUT2D eigenvalue weighted by Crippen LogP contribution is 2.21. The molecule has 0 spiro atoms. The molecule has 0 bridgehead atoms. The number of carbonyl (C=O) groups is 1. The van der Waals surface area contributed by atoms with Crippen molar-refractivity contribution in [2.75, 3.05) is 0 Å². The summed E-state index contributed by atoms with van der Waals surface area (Å²) >= 11 is 5.27. The van der Waals surface area contributed by atoms with Gasteiger partial charge in [-0.25, -0.2) is 13.6 Å². The minimum atomic E-state index is -3.11. The maximum Gasteiger partial charge on any atom is 0.341 e. The Labute approximate surface area is 81.1 Å². The summed E-state index contributed by atoms with van der Waals surface area (Å²) in [5.74, 6) is -1.58. The minimum absolute atomic E-state index is 0.546. The molecule has 0 aliphatic rings. The van der Waals surface area contributed by atoms with Gasteiger partial charge in [0.1, 0.15) is 16.3 Å². The molecule has 14 heavy (non-hydrogen) atoms. The Morgan fingerprint density at radius 1 is 1.57 bits per heavy atom. The number of H-pyrrole nitrogens is 1. The quantitative estimate of drug-likeness (QED) is 0.749. The molecule has 1 aromatic heterocycles. The second-order valence-electron chi connectivity index (χ2n) is 2.36. The number of carboxylic acid groups (broad SMARTS) is 1. The highest BCUT2D eigenvalue weighted by atomic mass is 35.5. The van der Waals surface area contributed by atoms with Crippen LogP contribution < -0.4 is 5.43 Å². The lowest BCUT2D eigenvalue weighted by molar-refractivity contribution is 0.0694. The van der Waals surface area contributed by atoms with Crippen molar-refractivity contribution in [1.29, 1.82) is 0 Å². The van der Waals surface area contributed by atoms with Crippen molar-refractivity contribution in [3.05, 3.63) is 32.7 Å². The van der Waals surface area contributed by atoms with Crippen molar-refractivity contribution in [1.82, 2.24) is 4.98 Å². The fourth-order valence-corrected chi connectivity index (χ4v) is 1.10. The van der Waals surface area contributed by atoms with Gasteiger partial charge in [-0.05, 0) is 0 Å². The minimum Gasteiger partial charge on any atom is -0.477 e. The van der Waals surface area contributed by atoms with Crippen molar-refractivity contribution >= 4 is 17.6 Å². The number of aromatic nitrogens is 1. The molecule has 0 unspecified atom stereocenters. The number of hydrogen-bond acceptors (Lipinski definition) is 2. The van der Waals surface area contributed by atoms with E-state index in [1.165, 1.54) is 0 Å². The molecule has 0 aromatic carbocycles. The van der Waals surface area contributed by atoms with Crippen LogP contribution in [-0.2, 0) is 0 Å². The van der Waals surface area contributed by atoms with E-state index in [1.54, 1.807) is 0 Å². The SMILES string of the molecule is O=C(O)c1c[nH]c(Cl)c(C(F)F)c1=O. The molecule has 0 saturated heterocycles. The zero-order chi connectivity index (χ0) is 10.9. The van der Waals surface area contributed by atoms with Crippen LogP contribution in [0.3, 0.4) is 0 Å². The zero-order valence-corrected chi connectivity index (χ0v) is 7.31. The lowest BCUT2D eigenvalue weighted by atomic mass is 10.2. The normalized spacial score (nSPS) is 10.6. The smallest absolute Gasteiger partial charge is 0.341 e. The fraction of sp³-hybridized carbons (Fsp3) is 0.143. The summed E-state index contributed by atoms with van der Waals surface area (Å²) < 4.78 is 24.5. The first kappa shape index (κ1) is 10.6. The Bertz CT molecular complexity index is 429. The summed E-state index contributed by atoms with van der Waals surface area (Å²) in [4.78, 5) is 23.6. The highest BCUT2D eigenvalue weighted by molar-refractivity contribution is 6.30. The number of halogens is 3. The predicted molar refractivity (Wildman–Crippen MR) is 44.0 cm³/mol. The summed E-state index contributed by atoms with van der Waals surface area (Å²) in [6, 6.07) is 0. The second-order valence-corrected chi connectivity index (χ2v) is 2.74. The van der Waals surface area contributed by atoms with Gasteiger partial charge in [0, 0.05) is 6.20 Å². The second kappa shape index (κ2) is 3.75. The van der Waals surface area contributed by atoms with Crippen LogP contribution in [0.15, 0.2) is 11.0 Å². The largest absolute Gasteiger partial charge is 0.477 e. The molecule has 0 aliphatic carbocycles. The molecule has 2 N–H and O–H groups in total. The van der Waals surface area contributed by atoms with Gasteiger partial charge in [0.2, 0.25) is 5.43 Å². The molecule has 4 nitrogen and oxygen atoms in total. The first-order chi connectivity index (χ1) is 6.45. The third-order valence-corrected chi connectivity index (χ3v) is 1.83. The van der Waals surface area contributed by atoms with E-state index in [2.05, 4.69) is 4.98 Å². The van der Waals surface area contributed by atoms with Gasteiger partial charge < -0.3 is 10.1 Å². The van der Waals surface area contributed by atoms with Gasteiger partial charge in [0.25, 0.3) is 6.43 Å². The number of carboxylic acids is 1. The Hall–Kier alpha value is -1.43. The monoisotopic (exact) mass is 223 g/mol. The van der Waals surface area contributed by atoms with Gasteiger partial charge in [0.05, 0.1) is 0 Å². The van der Waals surface area contributed by atoms with Crippen molar-refractivity contribution in [3.63, 3.8) is 0 Å². The van der Waals surface area contributed by atoms with Crippen LogP contribution in [0.4, 0.5) is 8.78 Å². The predicted octanol–water partition coefficient (Wildman–Crippen LogP) is 1.66. The molecule has 1 rings (SSSR count). The Morgan fingerprint density at radius 3 is 2.57 bits per heavy atom. The van der Waals surface area contributed by atoms with Gasteiger partial charge in [-0.1, -0.05) is 11.6 Å². The van der Waals surface area contributed by atoms with Crippen LogP contribution in [0.25, 0.3) is 0 Å². The molecule has 0 radical (unpaired) electrons. The maximum atomic E-state index is 12.2. The standard InChI is InChI=1S/C7H4ClF2NO3/c8-5-3(6(9)10)4(12)2(1-11-5)7(13)14/h1,6H,(H,11,12)(H,13,14). The fourth-order valence-electron chi connectivity index (χ4n) is 0.877. The summed E-state index contributed by atoms with van der Waals surface area (Å²) in [5, 5.41) is 7.91. The van der Waals surface area contributed by atoms with Gasteiger partial charge in [-0.3, -0.25) is 4.79 Å². The molecule has 76 valence electrons. The zero-order valence-electron chi connectivity index (χ0n) is 6.55. The maximum absolute atomic E-state index is 12.2. The molecular weight excluding hydrogens is 220 g/mol. The van der Waals surface area contributed by atoms with Gasteiger partial charge in [0.15, 0.2) is 0 Å². The number of hydrogen-bond donors (Lipinski definition) is 2. The number of nitrogens with one attached hydrogen (secondary N) is 1. The van der Waals surface area contributed by atoms with Crippen molar-refractivity contribution < 1.29 is 18.7 Å². The highest BCUT2D eigenvalue weighted by Gasteiger charge is 2.21. The molecule has 7 heteroatoms. The van der Waals surface area contributed by atoms with E-state index in [0.29, 0.717) is 0 Å². The number of pyridine rings is 1. The Kier molecular flexibility index (Phi) is 2.85. The Morgan fingerprint density at radius 2 is 2.14 bits per heavy atom. The lowest BCUT2D eigenvalue weighted by Crippen LogP contribution is -2.20. The third-order valence-electron chi connectivity index (χ3n) is 1.52. The number of rotatable bonds is 2. The average Bonchev–Trinajstić information content (AvgIpc) is 2.02. The van der Waals surface area contributed by atoms with E-state index in [4.69, 9.17) is 16.7 Å². The topological polar surface area (TPSA) is 70.2 Å². The molecule has 1 heterocycles. The van der Waals surface area contributed by atoms with E-state index in [0.717, 1.165) is 6.20 Å². The summed E-state index contributed by atoms with van der Waals surface area (Å²) in [6.07, 6.45) is -2.33. The van der Waals surface area contributed by atoms with Crippen LogP contribution in [0, 0.1) is 0 Å². The first-order valence-electron chi connectivity index (χ1n) is 3.37. The van der Waals surface area contributed by atoms with E-state index >= 15 is 0 Å². The molecule has 0 saturated carbocycles. The summed E-state index contributed by atoms with van der Waals surface area (Å²) in [6.45, 7) is 0. The Balaban J connectivity index is 3.50. The molecule has 0 aliphatic heterocycles. The van der Waals surface area contributed by atoms with Crippen molar-refractivity contribution in [2.24, 2.45) is 0 Å². The number of alkyl halides is 2. The van der Waals surface area contributed by atoms with Crippen LogP contribution >= 0.6 is 11.6 Å². The molecule has 0 amide bonds. The molecule has 0 fully saturated rings. The molecule has 1 aromatic rings. The van der Waals surface area contributed by atoms with E-state index in [1.807, 2.05) is 0 Å². The van der Waals surface area contributed by atoms with Gasteiger partial charge in [-0.15, -0.1) is 0 Å². The van der Waals surface area contributed by atoms with Gasteiger partial charge >= 0.3 is 5.97 Å². The van der Waals surface area contributed by atoms with E-state index in [-0.39, 0.29) is 0 Å². The summed E-state index contributed by atoms with van der Waals surface area (Å²) in [5.41, 5.74) is -3.05. The first-order valence-corrected chi connectivity index (χ1v) is 3.75. The third kappa shape index (κ3) is 1.74. The van der Waals surface area contributed by atoms with Crippen LogP contribution in [-0.4, -0.2) is 16.1 Å². The molecule has 0 atom stereocenters. The average molecular weight is 224 g/mol. The number of aromatic amines is 1.